The molecule has 0 aromatic carbocycles. The zero-order valence-electron chi connectivity index (χ0n) is 13.4. The number of imidazole rings is 1. The number of nitrogens with one attached hydrogen (secondary N) is 1. The van der Waals surface area contributed by atoms with Gasteiger partial charge in [-0.25, -0.2) is 9.78 Å². The Bertz CT molecular complexity index is 616. The topological polar surface area (TPSA) is 53.4 Å². The van der Waals surface area contributed by atoms with E-state index in [0.29, 0.717) is 6.54 Å². The van der Waals surface area contributed by atoms with Crippen LogP contribution in [0.1, 0.15) is 10.7 Å². The Kier molecular flexibility index (Phi) is 5.30. The lowest BCUT2D eigenvalue weighted by molar-refractivity contribution is 0.136. The molecular formula is C16H23N5OS. The maximum atomic E-state index is 12.2. The third-order valence-corrected chi connectivity index (χ3v) is 5.11. The molecule has 3 rings (SSSR count). The number of thiophene rings is 1. The number of carbonyl (C=O) groups is 1. The SMILES string of the molecule is Cc1nccn1CCN1CCN(C(=O)NCc2cccs2)CC1. The van der Waals surface area contributed by atoms with Gasteiger partial charge in [-0.05, 0) is 18.4 Å². The van der Waals surface area contributed by atoms with Crippen molar-refractivity contribution in [3.63, 3.8) is 0 Å². The second-order valence-corrected chi connectivity index (χ2v) is 6.77. The Morgan fingerprint density at radius 1 is 1.30 bits per heavy atom. The molecule has 6 nitrogen and oxygen atoms in total. The van der Waals surface area contributed by atoms with Crippen molar-refractivity contribution < 1.29 is 4.79 Å². The maximum Gasteiger partial charge on any atom is 0.317 e. The zero-order chi connectivity index (χ0) is 16.1. The fraction of sp³-hybridized carbons (Fsp3) is 0.500. The summed E-state index contributed by atoms with van der Waals surface area (Å²) in [7, 11) is 0. The predicted molar refractivity (Wildman–Crippen MR) is 91.5 cm³/mol. The Hall–Kier alpha value is -1.86. The van der Waals surface area contributed by atoms with E-state index in [1.165, 1.54) is 4.88 Å². The number of amides is 2. The maximum absolute atomic E-state index is 12.2. The van der Waals surface area contributed by atoms with Crippen LogP contribution in [0, 0.1) is 6.92 Å². The summed E-state index contributed by atoms with van der Waals surface area (Å²) in [5, 5.41) is 5.03. The molecule has 0 radical (unpaired) electrons. The number of rotatable bonds is 5. The number of piperazine rings is 1. The monoisotopic (exact) mass is 333 g/mol. The first-order valence-corrected chi connectivity index (χ1v) is 8.85. The second-order valence-electron chi connectivity index (χ2n) is 5.73. The van der Waals surface area contributed by atoms with Crippen LogP contribution in [0.25, 0.3) is 0 Å². The highest BCUT2D eigenvalue weighted by Crippen LogP contribution is 2.08. The van der Waals surface area contributed by atoms with Crippen LogP contribution in [-0.2, 0) is 13.1 Å². The van der Waals surface area contributed by atoms with Crippen molar-refractivity contribution in [3.8, 4) is 0 Å². The van der Waals surface area contributed by atoms with Crippen LogP contribution >= 0.6 is 11.3 Å². The van der Waals surface area contributed by atoms with Crippen molar-refractivity contribution in [2.24, 2.45) is 0 Å². The van der Waals surface area contributed by atoms with Gasteiger partial charge in [0, 0.05) is 56.5 Å². The highest BCUT2D eigenvalue weighted by atomic mass is 32.1. The van der Waals surface area contributed by atoms with E-state index in [1.54, 1.807) is 11.3 Å². The minimum Gasteiger partial charge on any atom is -0.334 e. The van der Waals surface area contributed by atoms with Gasteiger partial charge in [-0.15, -0.1) is 11.3 Å². The van der Waals surface area contributed by atoms with Gasteiger partial charge in [0.2, 0.25) is 0 Å². The van der Waals surface area contributed by atoms with Gasteiger partial charge in [-0.1, -0.05) is 6.07 Å². The van der Waals surface area contributed by atoms with Gasteiger partial charge in [-0.3, -0.25) is 4.90 Å². The summed E-state index contributed by atoms with van der Waals surface area (Å²) in [4.78, 5) is 21.9. The Labute approximate surface area is 140 Å². The summed E-state index contributed by atoms with van der Waals surface area (Å²) in [5.41, 5.74) is 0. The summed E-state index contributed by atoms with van der Waals surface area (Å²) >= 11 is 1.67. The van der Waals surface area contributed by atoms with Gasteiger partial charge in [0.25, 0.3) is 0 Å². The number of carbonyl (C=O) groups excluding carboxylic acids is 1. The summed E-state index contributed by atoms with van der Waals surface area (Å²) in [5.74, 6) is 1.05. The number of hydrogen-bond acceptors (Lipinski definition) is 4. The van der Waals surface area contributed by atoms with Crippen LogP contribution in [0.2, 0.25) is 0 Å². The molecule has 2 amide bonds. The number of aryl methyl sites for hydroxylation is 1. The van der Waals surface area contributed by atoms with Gasteiger partial charge >= 0.3 is 6.03 Å². The van der Waals surface area contributed by atoms with E-state index < -0.39 is 0 Å². The largest absolute Gasteiger partial charge is 0.334 e. The molecule has 2 aromatic heterocycles. The van der Waals surface area contributed by atoms with Crippen LogP contribution < -0.4 is 5.32 Å². The molecule has 7 heteroatoms. The minimum atomic E-state index is 0.0449. The van der Waals surface area contributed by atoms with Crippen molar-refractivity contribution in [1.82, 2.24) is 24.7 Å². The molecule has 2 aromatic rings. The van der Waals surface area contributed by atoms with E-state index in [0.717, 1.165) is 45.1 Å². The third kappa shape index (κ3) is 4.33. The summed E-state index contributed by atoms with van der Waals surface area (Å²) in [6, 6.07) is 4.09. The van der Waals surface area contributed by atoms with Crippen LogP contribution in [0.15, 0.2) is 29.9 Å². The van der Waals surface area contributed by atoms with Crippen LogP contribution in [-0.4, -0.2) is 58.1 Å². The summed E-state index contributed by atoms with van der Waals surface area (Å²) in [6.07, 6.45) is 3.86. The van der Waals surface area contributed by atoms with E-state index in [1.807, 2.05) is 41.7 Å². The molecule has 0 spiro atoms. The zero-order valence-corrected chi connectivity index (χ0v) is 14.3. The second kappa shape index (κ2) is 7.61. The highest BCUT2D eigenvalue weighted by molar-refractivity contribution is 7.09. The predicted octanol–water partition coefficient (Wildman–Crippen LogP) is 1.78. The van der Waals surface area contributed by atoms with E-state index in [2.05, 4.69) is 19.8 Å². The molecule has 0 bridgehead atoms. The molecule has 1 aliphatic heterocycles. The highest BCUT2D eigenvalue weighted by Gasteiger charge is 2.20. The van der Waals surface area contributed by atoms with E-state index in [9.17, 15) is 4.79 Å². The van der Waals surface area contributed by atoms with E-state index in [-0.39, 0.29) is 6.03 Å². The molecule has 23 heavy (non-hydrogen) atoms. The number of hydrogen-bond donors (Lipinski definition) is 1. The fourth-order valence-electron chi connectivity index (χ4n) is 2.75. The number of urea groups is 1. The van der Waals surface area contributed by atoms with Gasteiger partial charge in [-0.2, -0.15) is 0 Å². The molecule has 124 valence electrons. The Morgan fingerprint density at radius 3 is 2.78 bits per heavy atom. The molecule has 0 atom stereocenters. The van der Waals surface area contributed by atoms with Gasteiger partial charge in [0.15, 0.2) is 0 Å². The van der Waals surface area contributed by atoms with Crippen LogP contribution in [0.3, 0.4) is 0 Å². The number of aromatic nitrogens is 2. The minimum absolute atomic E-state index is 0.0449. The Balaban J connectivity index is 1.38. The average molecular weight is 333 g/mol. The van der Waals surface area contributed by atoms with E-state index in [4.69, 9.17) is 0 Å². The molecule has 3 heterocycles. The first-order valence-electron chi connectivity index (χ1n) is 7.97. The molecule has 0 aliphatic carbocycles. The van der Waals surface area contributed by atoms with Crippen molar-refractivity contribution in [1.29, 1.82) is 0 Å². The van der Waals surface area contributed by atoms with Gasteiger partial charge in [0.05, 0.1) is 6.54 Å². The normalized spacial score (nSPS) is 15.8. The summed E-state index contributed by atoms with van der Waals surface area (Å²) in [6.45, 7) is 8.05. The van der Waals surface area contributed by atoms with Crippen molar-refractivity contribution in [2.45, 2.75) is 20.0 Å². The van der Waals surface area contributed by atoms with Crippen molar-refractivity contribution >= 4 is 17.4 Å². The third-order valence-electron chi connectivity index (χ3n) is 4.23. The van der Waals surface area contributed by atoms with Gasteiger partial charge in [0.1, 0.15) is 5.82 Å². The molecule has 0 unspecified atom stereocenters. The lowest BCUT2D eigenvalue weighted by Crippen LogP contribution is -2.52. The van der Waals surface area contributed by atoms with Crippen molar-refractivity contribution in [2.75, 3.05) is 32.7 Å². The smallest absolute Gasteiger partial charge is 0.317 e. The lowest BCUT2D eigenvalue weighted by Gasteiger charge is -2.34. The standard InChI is InChI=1S/C16H23N5OS/c1-14-17-4-5-20(14)9-6-19-7-10-21(11-8-19)16(22)18-13-15-3-2-12-23-15/h2-5,12H,6-11,13H2,1H3,(H,18,22). The average Bonchev–Trinajstić information content (AvgIpc) is 3.23. The molecule has 1 fully saturated rings. The molecule has 0 saturated carbocycles. The Morgan fingerprint density at radius 2 is 2.13 bits per heavy atom. The molecule has 1 saturated heterocycles. The lowest BCUT2D eigenvalue weighted by atomic mass is 10.3. The van der Waals surface area contributed by atoms with Crippen LogP contribution in [0.5, 0.6) is 0 Å². The quantitative estimate of drug-likeness (QED) is 0.907. The van der Waals surface area contributed by atoms with Crippen molar-refractivity contribution in [3.05, 3.63) is 40.6 Å². The number of nitrogens with zero attached hydrogens (tertiary/aromatic N) is 4. The summed E-state index contributed by atoms with van der Waals surface area (Å²) < 4.78 is 2.17. The fourth-order valence-corrected chi connectivity index (χ4v) is 3.40. The molecular weight excluding hydrogens is 310 g/mol. The molecule has 1 N–H and O–H groups in total. The van der Waals surface area contributed by atoms with Gasteiger partial charge < -0.3 is 14.8 Å². The van der Waals surface area contributed by atoms with Crippen LogP contribution in [0.4, 0.5) is 4.79 Å². The van der Waals surface area contributed by atoms with E-state index >= 15 is 0 Å². The molecule has 1 aliphatic rings. The first kappa shape index (κ1) is 16.0. The first-order chi connectivity index (χ1) is 11.2.